The number of nitrogens with zero attached hydrogens (tertiary/aromatic N) is 1. The molecule has 0 radical (unpaired) electrons. The minimum absolute atomic E-state index is 0.140. The number of anilines is 2. The van der Waals surface area contributed by atoms with Crippen molar-refractivity contribution in [2.45, 2.75) is 29.6 Å². The fourth-order valence-electron chi connectivity index (χ4n) is 2.55. The molecule has 0 aliphatic carbocycles. The lowest BCUT2D eigenvalue weighted by Gasteiger charge is -2.23. The molecule has 0 saturated carbocycles. The number of fused-ring (bicyclic) bond motifs is 1. The van der Waals surface area contributed by atoms with Crippen molar-refractivity contribution in [3.05, 3.63) is 54.1 Å². The summed E-state index contributed by atoms with van der Waals surface area (Å²) in [5, 5.41) is 13.5. The molecule has 28 heavy (non-hydrogen) atoms. The van der Waals surface area contributed by atoms with Gasteiger partial charge in [-0.15, -0.1) is 11.8 Å². The molecule has 1 aliphatic rings. The largest absolute Gasteiger partial charge is 0.452 e. The van der Waals surface area contributed by atoms with E-state index in [1.54, 1.807) is 30.3 Å². The van der Waals surface area contributed by atoms with E-state index in [0.29, 0.717) is 11.3 Å². The number of para-hydroxylation sites is 1. The van der Waals surface area contributed by atoms with Gasteiger partial charge >= 0.3 is 5.97 Å². The van der Waals surface area contributed by atoms with Crippen LogP contribution in [-0.4, -0.2) is 29.1 Å². The van der Waals surface area contributed by atoms with E-state index < -0.39 is 23.2 Å². The Labute approximate surface area is 166 Å². The molecule has 0 spiro atoms. The maximum atomic E-state index is 12.2. The van der Waals surface area contributed by atoms with E-state index in [-0.39, 0.29) is 12.3 Å². The van der Waals surface area contributed by atoms with Crippen LogP contribution in [0.25, 0.3) is 0 Å². The van der Waals surface area contributed by atoms with Crippen LogP contribution >= 0.6 is 11.8 Å². The van der Waals surface area contributed by atoms with Gasteiger partial charge in [0, 0.05) is 10.6 Å². The molecule has 0 fully saturated rings. The van der Waals surface area contributed by atoms with E-state index in [4.69, 9.17) is 10.00 Å². The van der Waals surface area contributed by atoms with Crippen LogP contribution in [0.4, 0.5) is 11.4 Å². The third-order valence-electron chi connectivity index (χ3n) is 4.02. The van der Waals surface area contributed by atoms with Crippen LogP contribution in [0.2, 0.25) is 0 Å². The summed E-state index contributed by atoms with van der Waals surface area (Å²) in [6, 6.07) is 15.7. The van der Waals surface area contributed by atoms with Crippen LogP contribution in [0.3, 0.4) is 0 Å². The number of carbonyl (C=O) groups excluding carboxylic acids is 3. The molecule has 2 atom stereocenters. The molecule has 1 aliphatic heterocycles. The Bertz CT molecular complexity index is 953. The van der Waals surface area contributed by atoms with E-state index in [1.807, 2.05) is 24.3 Å². The van der Waals surface area contributed by atoms with Crippen molar-refractivity contribution >= 4 is 40.9 Å². The molecule has 1 heterocycles. The minimum atomic E-state index is -1.02. The summed E-state index contributed by atoms with van der Waals surface area (Å²) < 4.78 is 5.17. The summed E-state index contributed by atoms with van der Waals surface area (Å²) in [6.07, 6.45) is -1.16. The number of amides is 2. The van der Waals surface area contributed by atoms with Crippen molar-refractivity contribution in [3.8, 4) is 6.07 Å². The topological polar surface area (TPSA) is 108 Å². The van der Waals surface area contributed by atoms with Crippen molar-refractivity contribution in [1.82, 2.24) is 0 Å². The highest BCUT2D eigenvalue weighted by Crippen LogP contribution is 2.36. The molecule has 3 rings (SSSR count). The van der Waals surface area contributed by atoms with Crippen molar-refractivity contribution in [3.63, 3.8) is 0 Å². The third kappa shape index (κ3) is 4.69. The van der Waals surface area contributed by atoms with Gasteiger partial charge in [0.05, 0.1) is 29.0 Å². The van der Waals surface area contributed by atoms with E-state index in [9.17, 15) is 14.4 Å². The highest BCUT2D eigenvalue weighted by Gasteiger charge is 2.30. The van der Waals surface area contributed by atoms with Gasteiger partial charge in [0.25, 0.3) is 5.91 Å². The summed E-state index contributed by atoms with van der Waals surface area (Å²) in [5.74, 6) is -1.39. The van der Waals surface area contributed by atoms with Crippen LogP contribution in [0, 0.1) is 11.3 Å². The number of esters is 1. The number of benzene rings is 2. The molecule has 2 aromatic carbocycles. The molecule has 2 N–H and O–H groups in total. The van der Waals surface area contributed by atoms with Crippen molar-refractivity contribution in [2.24, 2.45) is 0 Å². The van der Waals surface area contributed by atoms with E-state index in [2.05, 4.69) is 10.6 Å². The molecular weight excluding hydrogens is 378 g/mol. The first-order valence-corrected chi connectivity index (χ1v) is 9.41. The summed E-state index contributed by atoms with van der Waals surface area (Å²) >= 11 is 1.30. The number of carbonyl (C=O) groups is 3. The SMILES string of the molecule is C[C@@H](OC(=O)C[C@H]1Sc2ccccc2NC1=O)C(=O)Nc1ccc(C#N)cc1. The molecule has 2 aromatic rings. The number of rotatable bonds is 5. The van der Waals surface area contributed by atoms with Crippen LogP contribution in [0.1, 0.15) is 18.9 Å². The van der Waals surface area contributed by atoms with Gasteiger partial charge in [-0.3, -0.25) is 14.4 Å². The average Bonchev–Trinajstić information content (AvgIpc) is 2.69. The van der Waals surface area contributed by atoms with Crippen LogP contribution in [0.15, 0.2) is 53.4 Å². The molecule has 0 bridgehead atoms. The first-order valence-electron chi connectivity index (χ1n) is 8.53. The molecule has 8 heteroatoms. The Morgan fingerprint density at radius 1 is 1.25 bits per heavy atom. The summed E-state index contributed by atoms with van der Waals surface area (Å²) in [7, 11) is 0. The van der Waals surface area contributed by atoms with Gasteiger partial charge in [0.2, 0.25) is 5.91 Å². The van der Waals surface area contributed by atoms with Gasteiger partial charge in [0.15, 0.2) is 6.10 Å². The Morgan fingerprint density at radius 3 is 2.68 bits per heavy atom. The minimum Gasteiger partial charge on any atom is -0.452 e. The highest BCUT2D eigenvalue weighted by atomic mass is 32.2. The monoisotopic (exact) mass is 395 g/mol. The van der Waals surface area contributed by atoms with Crippen molar-refractivity contribution in [2.75, 3.05) is 10.6 Å². The quantitative estimate of drug-likeness (QED) is 0.754. The molecule has 7 nitrogen and oxygen atoms in total. The number of hydrogen-bond donors (Lipinski definition) is 2. The molecule has 0 aromatic heterocycles. The first kappa shape index (κ1) is 19.5. The zero-order valence-corrected chi connectivity index (χ0v) is 15.8. The zero-order valence-electron chi connectivity index (χ0n) is 15.0. The smallest absolute Gasteiger partial charge is 0.308 e. The molecule has 2 amide bonds. The van der Waals surface area contributed by atoms with Gasteiger partial charge in [-0.2, -0.15) is 5.26 Å². The van der Waals surface area contributed by atoms with Crippen molar-refractivity contribution < 1.29 is 19.1 Å². The van der Waals surface area contributed by atoms with Crippen LogP contribution in [0.5, 0.6) is 0 Å². The van der Waals surface area contributed by atoms with Crippen LogP contribution < -0.4 is 10.6 Å². The maximum Gasteiger partial charge on any atom is 0.308 e. The molecule has 0 unspecified atom stereocenters. The van der Waals surface area contributed by atoms with E-state index >= 15 is 0 Å². The Balaban J connectivity index is 1.53. The molecule has 142 valence electrons. The highest BCUT2D eigenvalue weighted by molar-refractivity contribution is 8.01. The Morgan fingerprint density at radius 2 is 1.96 bits per heavy atom. The number of thioether (sulfide) groups is 1. The second-order valence-electron chi connectivity index (χ2n) is 6.11. The fourth-order valence-corrected chi connectivity index (χ4v) is 3.64. The summed E-state index contributed by atoms with van der Waals surface area (Å²) in [5.41, 5.74) is 1.69. The van der Waals surface area contributed by atoms with Gasteiger partial charge < -0.3 is 15.4 Å². The predicted molar refractivity (Wildman–Crippen MR) is 105 cm³/mol. The first-order chi connectivity index (χ1) is 13.5. The zero-order chi connectivity index (χ0) is 20.1. The number of hydrogen-bond acceptors (Lipinski definition) is 6. The van der Waals surface area contributed by atoms with E-state index in [1.165, 1.54) is 18.7 Å². The number of ether oxygens (including phenoxy) is 1. The second-order valence-corrected chi connectivity index (χ2v) is 7.35. The maximum absolute atomic E-state index is 12.2. The lowest BCUT2D eigenvalue weighted by molar-refractivity contribution is -0.153. The lowest BCUT2D eigenvalue weighted by Crippen LogP contribution is -2.34. The standard InChI is InChI=1S/C20H17N3O4S/c1-12(19(25)22-14-8-6-13(11-21)7-9-14)27-18(24)10-17-20(26)23-15-4-2-3-5-16(15)28-17/h2-9,12,17H,10H2,1H3,(H,22,25)(H,23,26)/t12-,17-/m1/s1. The van der Waals surface area contributed by atoms with Gasteiger partial charge in [-0.05, 0) is 43.3 Å². The molecular formula is C20H17N3O4S. The normalized spacial score (nSPS) is 16.1. The van der Waals surface area contributed by atoms with Crippen molar-refractivity contribution in [1.29, 1.82) is 5.26 Å². The predicted octanol–water partition coefficient (Wildman–Crippen LogP) is 2.93. The molecule has 0 saturated heterocycles. The number of nitriles is 1. The van der Waals surface area contributed by atoms with Gasteiger partial charge in [0.1, 0.15) is 0 Å². The second kappa shape index (κ2) is 8.59. The Hall–Kier alpha value is -3.31. The van der Waals surface area contributed by atoms with Gasteiger partial charge in [-0.25, -0.2) is 0 Å². The average molecular weight is 395 g/mol. The Kier molecular flexibility index (Phi) is 5.96. The van der Waals surface area contributed by atoms with E-state index in [0.717, 1.165) is 10.6 Å². The van der Waals surface area contributed by atoms with Gasteiger partial charge in [-0.1, -0.05) is 12.1 Å². The fraction of sp³-hybridized carbons (Fsp3) is 0.200. The summed E-state index contributed by atoms with van der Waals surface area (Å²) in [4.78, 5) is 37.4. The number of nitrogens with one attached hydrogen (secondary N) is 2. The summed E-state index contributed by atoms with van der Waals surface area (Å²) in [6.45, 7) is 1.46. The lowest BCUT2D eigenvalue weighted by atomic mass is 10.2. The third-order valence-corrected chi connectivity index (χ3v) is 5.29. The van der Waals surface area contributed by atoms with Crippen LogP contribution in [-0.2, 0) is 19.1 Å².